The van der Waals surface area contributed by atoms with Crippen molar-refractivity contribution in [1.82, 2.24) is 10.6 Å². The third-order valence-corrected chi connectivity index (χ3v) is 2.54. The van der Waals surface area contributed by atoms with Crippen molar-refractivity contribution in [3.05, 3.63) is 35.4 Å². The summed E-state index contributed by atoms with van der Waals surface area (Å²) in [6.07, 6.45) is 0.847. The predicted octanol–water partition coefficient (Wildman–Crippen LogP) is 1.24. The van der Waals surface area contributed by atoms with Crippen LogP contribution in [-0.4, -0.2) is 32.7 Å². The number of aryl methyl sites for hydroxylation is 1. The summed E-state index contributed by atoms with van der Waals surface area (Å²) in [5, 5.41) is 5.96. The molecule has 0 aromatic heterocycles. The first kappa shape index (κ1) is 14.7. The Morgan fingerprint density at radius 1 is 1.39 bits per heavy atom. The molecule has 1 rings (SSSR count). The second kappa shape index (κ2) is 8.66. The van der Waals surface area contributed by atoms with E-state index in [1.165, 1.54) is 11.1 Å². The summed E-state index contributed by atoms with van der Waals surface area (Å²) in [4.78, 5) is 11.4. The summed E-state index contributed by atoms with van der Waals surface area (Å²) in [7, 11) is 1.66. The first-order valence-electron chi connectivity index (χ1n) is 6.24. The van der Waals surface area contributed by atoms with Crippen LogP contribution in [0.4, 0.5) is 0 Å². The van der Waals surface area contributed by atoms with E-state index in [2.05, 4.69) is 35.8 Å². The summed E-state index contributed by atoms with van der Waals surface area (Å²) in [5.74, 6) is 0.0266. The van der Waals surface area contributed by atoms with Crippen LogP contribution in [-0.2, 0) is 16.1 Å². The molecule has 0 aliphatic rings. The zero-order valence-corrected chi connectivity index (χ0v) is 11.2. The summed E-state index contributed by atoms with van der Waals surface area (Å²) in [6, 6.07) is 8.25. The Hall–Kier alpha value is -1.39. The van der Waals surface area contributed by atoms with Crippen LogP contribution in [0, 0.1) is 6.92 Å². The van der Waals surface area contributed by atoms with E-state index in [0.717, 1.165) is 6.42 Å². The number of methoxy groups -OCH3 is 1. The van der Waals surface area contributed by atoms with Gasteiger partial charge in [0.15, 0.2) is 0 Å². The Morgan fingerprint density at radius 3 is 2.94 bits per heavy atom. The summed E-state index contributed by atoms with van der Waals surface area (Å²) >= 11 is 0. The van der Waals surface area contributed by atoms with Gasteiger partial charge in [-0.25, -0.2) is 0 Å². The molecule has 0 radical (unpaired) electrons. The van der Waals surface area contributed by atoms with Crippen LogP contribution in [0.1, 0.15) is 17.5 Å². The second-order valence-corrected chi connectivity index (χ2v) is 4.29. The molecule has 0 bridgehead atoms. The molecule has 0 fully saturated rings. The lowest BCUT2D eigenvalue weighted by atomic mass is 10.1. The number of hydrogen-bond acceptors (Lipinski definition) is 3. The molecule has 0 aliphatic carbocycles. The van der Waals surface area contributed by atoms with E-state index < -0.39 is 0 Å². The van der Waals surface area contributed by atoms with Crippen LogP contribution in [0.2, 0.25) is 0 Å². The Morgan fingerprint density at radius 2 is 2.22 bits per heavy atom. The first-order chi connectivity index (χ1) is 8.72. The fourth-order valence-electron chi connectivity index (χ4n) is 1.65. The summed E-state index contributed by atoms with van der Waals surface area (Å²) < 4.78 is 4.91. The number of carbonyl (C=O) groups excluding carboxylic acids is 1. The van der Waals surface area contributed by atoms with Gasteiger partial charge in [0.05, 0.1) is 6.54 Å². The SMILES string of the molecule is COCCCNC(=O)CNCc1cccc(C)c1. The molecular weight excluding hydrogens is 228 g/mol. The van der Waals surface area contributed by atoms with Crippen molar-refractivity contribution in [3.8, 4) is 0 Å². The van der Waals surface area contributed by atoms with Crippen LogP contribution in [0.15, 0.2) is 24.3 Å². The smallest absolute Gasteiger partial charge is 0.233 e. The molecule has 1 aromatic carbocycles. The van der Waals surface area contributed by atoms with E-state index in [9.17, 15) is 4.79 Å². The predicted molar refractivity (Wildman–Crippen MR) is 72.4 cm³/mol. The number of ether oxygens (including phenoxy) is 1. The maximum absolute atomic E-state index is 11.4. The number of hydrogen-bond donors (Lipinski definition) is 2. The minimum absolute atomic E-state index is 0.0266. The summed E-state index contributed by atoms with van der Waals surface area (Å²) in [6.45, 7) is 4.47. The number of amides is 1. The third kappa shape index (κ3) is 6.37. The zero-order chi connectivity index (χ0) is 13.2. The molecule has 18 heavy (non-hydrogen) atoms. The van der Waals surface area contributed by atoms with Crippen LogP contribution < -0.4 is 10.6 Å². The van der Waals surface area contributed by atoms with Gasteiger partial charge in [0, 0.05) is 26.8 Å². The van der Waals surface area contributed by atoms with E-state index in [-0.39, 0.29) is 5.91 Å². The lowest BCUT2D eigenvalue weighted by Gasteiger charge is -2.07. The van der Waals surface area contributed by atoms with Gasteiger partial charge in [-0.2, -0.15) is 0 Å². The lowest BCUT2D eigenvalue weighted by molar-refractivity contribution is -0.120. The first-order valence-corrected chi connectivity index (χ1v) is 6.24. The second-order valence-electron chi connectivity index (χ2n) is 4.29. The monoisotopic (exact) mass is 250 g/mol. The molecule has 1 amide bonds. The molecule has 0 atom stereocenters. The van der Waals surface area contributed by atoms with Crippen molar-refractivity contribution in [1.29, 1.82) is 0 Å². The topological polar surface area (TPSA) is 50.4 Å². The molecule has 4 nitrogen and oxygen atoms in total. The van der Waals surface area contributed by atoms with Crippen molar-refractivity contribution in [2.75, 3.05) is 26.8 Å². The van der Waals surface area contributed by atoms with Crippen molar-refractivity contribution in [2.45, 2.75) is 19.9 Å². The van der Waals surface area contributed by atoms with Crippen molar-refractivity contribution < 1.29 is 9.53 Å². The Bertz CT molecular complexity index is 367. The van der Waals surface area contributed by atoms with Crippen LogP contribution in [0.3, 0.4) is 0 Å². The minimum Gasteiger partial charge on any atom is -0.385 e. The van der Waals surface area contributed by atoms with Crippen molar-refractivity contribution in [2.24, 2.45) is 0 Å². The molecular formula is C14H22N2O2. The highest BCUT2D eigenvalue weighted by Gasteiger charge is 2.00. The van der Waals surface area contributed by atoms with Gasteiger partial charge in [0.2, 0.25) is 5.91 Å². The molecule has 100 valence electrons. The van der Waals surface area contributed by atoms with Gasteiger partial charge >= 0.3 is 0 Å². The van der Waals surface area contributed by atoms with Gasteiger partial charge in [0.25, 0.3) is 0 Å². The van der Waals surface area contributed by atoms with Gasteiger partial charge in [-0.1, -0.05) is 29.8 Å². The fourth-order valence-corrected chi connectivity index (χ4v) is 1.65. The number of rotatable bonds is 8. The Balaban J connectivity index is 2.12. The van der Waals surface area contributed by atoms with E-state index >= 15 is 0 Å². The molecule has 0 heterocycles. The fraction of sp³-hybridized carbons (Fsp3) is 0.500. The molecule has 0 saturated heterocycles. The lowest BCUT2D eigenvalue weighted by Crippen LogP contribution is -2.34. The summed E-state index contributed by atoms with van der Waals surface area (Å²) in [5.41, 5.74) is 2.43. The molecule has 4 heteroatoms. The normalized spacial score (nSPS) is 10.3. The number of carbonyl (C=O) groups is 1. The molecule has 0 unspecified atom stereocenters. The maximum atomic E-state index is 11.4. The molecule has 2 N–H and O–H groups in total. The van der Waals surface area contributed by atoms with Crippen LogP contribution in [0.25, 0.3) is 0 Å². The van der Waals surface area contributed by atoms with Crippen LogP contribution >= 0.6 is 0 Å². The number of nitrogens with one attached hydrogen (secondary N) is 2. The average molecular weight is 250 g/mol. The average Bonchev–Trinajstić information content (AvgIpc) is 2.35. The molecule has 0 spiro atoms. The highest BCUT2D eigenvalue weighted by atomic mass is 16.5. The number of benzene rings is 1. The van der Waals surface area contributed by atoms with Crippen molar-refractivity contribution >= 4 is 5.91 Å². The van der Waals surface area contributed by atoms with E-state index in [1.54, 1.807) is 7.11 Å². The van der Waals surface area contributed by atoms with E-state index in [1.807, 2.05) is 6.07 Å². The molecule has 0 saturated carbocycles. The van der Waals surface area contributed by atoms with Gasteiger partial charge in [0.1, 0.15) is 0 Å². The Kier molecular flexibility index (Phi) is 7.06. The zero-order valence-electron chi connectivity index (χ0n) is 11.2. The van der Waals surface area contributed by atoms with Gasteiger partial charge in [-0.15, -0.1) is 0 Å². The van der Waals surface area contributed by atoms with E-state index in [4.69, 9.17) is 4.74 Å². The van der Waals surface area contributed by atoms with Gasteiger partial charge in [-0.3, -0.25) is 4.79 Å². The highest BCUT2D eigenvalue weighted by Crippen LogP contribution is 2.02. The Labute approximate surface area is 109 Å². The van der Waals surface area contributed by atoms with Crippen molar-refractivity contribution in [3.63, 3.8) is 0 Å². The van der Waals surface area contributed by atoms with Gasteiger partial charge < -0.3 is 15.4 Å². The minimum atomic E-state index is 0.0266. The maximum Gasteiger partial charge on any atom is 0.233 e. The molecule has 1 aromatic rings. The highest BCUT2D eigenvalue weighted by molar-refractivity contribution is 5.77. The van der Waals surface area contributed by atoms with Crippen LogP contribution in [0.5, 0.6) is 0 Å². The quantitative estimate of drug-likeness (QED) is 0.682. The molecule has 0 aliphatic heterocycles. The van der Waals surface area contributed by atoms with E-state index in [0.29, 0.717) is 26.2 Å². The standard InChI is InChI=1S/C14H22N2O2/c1-12-5-3-6-13(9-12)10-15-11-14(17)16-7-4-8-18-2/h3,5-6,9,15H,4,7-8,10-11H2,1-2H3,(H,16,17). The third-order valence-electron chi connectivity index (χ3n) is 2.54. The van der Waals surface area contributed by atoms with Gasteiger partial charge in [-0.05, 0) is 18.9 Å². The largest absolute Gasteiger partial charge is 0.385 e.